The summed E-state index contributed by atoms with van der Waals surface area (Å²) in [6.07, 6.45) is -6.40. The molecule has 4 aromatic rings. The van der Waals surface area contributed by atoms with E-state index in [2.05, 4.69) is 35.3 Å². The summed E-state index contributed by atoms with van der Waals surface area (Å²) in [6, 6.07) is 2.57. The average Bonchev–Trinajstić information content (AvgIpc) is 3.45. The fourth-order valence-electron chi connectivity index (χ4n) is 4.29. The number of carboxylic acid groups (broad SMARTS) is 1. The van der Waals surface area contributed by atoms with Crippen LogP contribution in [0.2, 0.25) is 0 Å². The fourth-order valence-corrected chi connectivity index (χ4v) is 4.29. The molecule has 5 heterocycles. The van der Waals surface area contributed by atoms with Crippen molar-refractivity contribution in [2.75, 3.05) is 11.1 Å². The van der Waals surface area contributed by atoms with Crippen LogP contribution in [-0.2, 0) is 23.6 Å². The number of aromatic nitrogens is 7. The average molecular weight is 566 g/mol. The lowest BCUT2D eigenvalue weighted by Gasteiger charge is -2.23. The van der Waals surface area contributed by atoms with Crippen LogP contribution in [0, 0.1) is 0 Å². The molecule has 0 aliphatic carbocycles. The zero-order valence-corrected chi connectivity index (χ0v) is 20.1. The molecule has 0 spiro atoms. The number of pyridine rings is 1. The molecule has 12 nitrogen and oxygen atoms in total. The predicted molar refractivity (Wildman–Crippen MR) is 127 cm³/mol. The number of hydrogen-bond donors (Lipinski definition) is 3. The zero-order chi connectivity index (χ0) is 31.7. The molecule has 1 aliphatic rings. The number of carbonyl (C=O) groups excluding carboxylic acids is 1. The number of halogens is 5. The van der Waals surface area contributed by atoms with Gasteiger partial charge in [0.1, 0.15) is 34.3 Å². The van der Waals surface area contributed by atoms with Crippen molar-refractivity contribution in [3.05, 3.63) is 47.2 Å². The first kappa shape index (κ1) is 23.1. The van der Waals surface area contributed by atoms with E-state index in [1.807, 2.05) is 0 Å². The second-order valence-electron chi connectivity index (χ2n) is 8.95. The lowest BCUT2D eigenvalue weighted by atomic mass is 9.78. The van der Waals surface area contributed by atoms with Gasteiger partial charge >= 0.3 is 18.1 Å². The molecular weight excluding hydrogens is 545 g/mol. The third kappa shape index (κ3) is 4.13. The Balaban J connectivity index is 1.66. The van der Waals surface area contributed by atoms with E-state index in [0.717, 1.165) is 6.20 Å². The van der Waals surface area contributed by atoms with Crippen LogP contribution >= 0.6 is 0 Å². The van der Waals surface area contributed by atoms with Crippen LogP contribution < -0.4 is 11.1 Å². The van der Waals surface area contributed by atoms with E-state index in [0.29, 0.717) is 4.68 Å². The van der Waals surface area contributed by atoms with Gasteiger partial charge in [-0.25, -0.2) is 29.7 Å². The molecule has 4 N–H and O–H groups in total. The van der Waals surface area contributed by atoms with Gasteiger partial charge in [-0.1, -0.05) is 0 Å². The van der Waals surface area contributed by atoms with Crippen LogP contribution in [-0.4, -0.2) is 63.8 Å². The summed E-state index contributed by atoms with van der Waals surface area (Å²) >= 11 is 0. The molecule has 0 bridgehead atoms. The number of carboxylic acids is 1. The van der Waals surface area contributed by atoms with Crippen LogP contribution in [0.25, 0.3) is 22.6 Å². The Kier molecular flexibility index (Phi) is 5.11. The highest BCUT2D eigenvalue weighted by Crippen LogP contribution is 2.45. The summed E-state index contributed by atoms with van der Waals surface area (Å²) in [5.74, 6) is -8.49. The van der Waals surface area contributed by atoms with Crippen molar-refractivity contribution in [3.8, 4) is 11.5 Å². The van der Waals surface area contributed by atoms with Crippen LogP contribution in [0.4, 0.5) is 33.6 Å². The molecule has 0 saturated carbocycles. The van der Waals surface area contributed by atoms with Crippen LogP contribution in [0.3, 0.4) is 0 Å². The highest BCUT2D eigenvalue weighted by atomic mass is 19.4. The molecule has 1 amide bonds. The number of alkyl halides is 5. The van der Waals surface area contributed by atoms with E-state index >= 15 is 0 Å². The Hall–Kier alpha value is -4.83. The molecule has 1 aliphatic heterocycles. The first-order valence-corrected chi connectivity index (χ1v) is 11.2. The van der Waals surface area contributed by atoms with Gasteiger partial charge in [0, 0.05) is 30.1 Å². The fraction of sp³-hybridized carbons (Fsp3) is 0.304. The molecule has 0 radical (unpaired) electrons. The van der Waals surface area contributed by atoms with E-state index < -0.39 is 60.7 Å². The second kappa shape index (κ2) is 8.85. The number of nitrogens with zero attached hydrogens (tertiary/aromatic N) is 7. The molecule has 40 heavy (non-hydrogen) atoms. The smallest absolute Gasteiger partial charge is 0.453 e. The van der Waals surface area contributed by atoms with Gasteiger partial charge in [0.2, 0.25) is 5.91 Å². The van der Waals surface area contributed by atoms with Gasteiger partial charge in [-0.15, -0.1) is 0 Å². The summed E-state index contributed by atoms with van der Waals surface area (Å²) in [7, 11) is 0. The summed E-state index contributed by atoms with van der Waals surface area (Å²) in [5.41, 5.74) is 3.82. The number of amides is 1. The maximum atomic E-state index is 13.7. The molecule has 17 heteroatoms. The number of carbonyl (C=O) groups is 2. The van der Waals surface area contributed by atoms with Gasteiger partial charge in [0.25, 0.3) is 0 Å². The number of aryl methyl sites for hydroxylation is 2. The van der Waals surface area contributed by atoms with E-state index in [9.17, 15) is 36.6 Å². The SMILES string of the molecule is [2H]C([2H])([2H])n1ncc2c(-c3nc(N)c4c(n3)NC(=O)C4(C)c3ccnc(C(=O)O)c3)nc(CCC(F)(F)C(F)(F)F)nc21. The van der Waals surface area contributed by atoms with Crippen LogP contribution in [0.5, 0.6) is 0 Å². The Morgan fingerprint density at radius 2 is 1.98 bits per heavy atom. The van der Waals surface area contributed by atoms with Crippen molar-refractivity contribution in [1.82, 2.24) is 34.7 Å². The first-order valence-electron chi connectivity index (χ1n) is 12.7. The largest absolute Gasteiger partial charge is 0.477 e. The minimum atomic E-state index is -5.84. The number of anilines is 2. The molecule has 4 aromatic heterocycles. The van der Waals surface area contributed by atoms with Crippen molar-refractivity contribution in [1.29, 1.82) is 0 Å². The number of nitrogen functional groups attached to an aromatic ring is 1. The Morgan fingerprint density at radius 3 is 2.65 bits per heavy atom. The molecule has 1 unspecified atom stereocenters. The molecule has 1 atom stereocenters. The van der Waals surface area contributed by atoms with Crippen molar-refractivity contribution in [2.24, 2.45) is 6.98 Å². The predicted octanol–water partition coefficient (Wildman–Crippen LogP) is 2.88. The van der Waals surface area contributed by atoms with Crippen LogP contribution in [0.1, 0.15) is 44.9 Å². The van der Waals surface area contributed by atoms with Crippen molar-refractivity contribution >= 4 is 34.5 Å². The zero-order valence-electron chi connectivity index (χ0n) is 23.1. The van der Waals surface area contributed by atoms with E-state index in [-0.39, 0.29) is 45.4 Å². The summed E-state index contributed by atoms with van der Waals surface area (Å²) in [5, 5.41) is 15.5. The number of nitrogens with two attached hydrogens (primary N) is 1. The molecule has 5 rings (SSSR count). The molecule has 0 saturated heterocycles. The number of nitrogens with one attached hydrogen (secondary N) is 1. The normalized spacial score (nSPS) is 18.6. The third-order valence-corrected chi connectivity index (χ3v) is 6.44. The first-order chi connectivity index (χ1) is 19.8. The van der Waals surface area contributed by atoms with Gasteiger partial charge in [0.05, 0.1) is 17.1 Å². The third-order valence-electron chi connectivity index (χ3n) is 6.44. The Morgan fingerprint density at radius 1 is 1.23 bits per heavy atom. The van der Waals surface area contributed by atoms with Crippen molar-refractivity contribution in [2.45, 2.75) is 37.3 Å². The number of rotatable bonds is 6. The highest BCUT2D eigenvalue weighted by Gasteiger charge is 2.56. The van der Waals surface area contributed by atoms with Crippen LogP contribution in [0.15, 0.2) is 24.5 Å². The molecule has 208 valence electrons. The van der Waals surface area contributed by atoms with Crippen molar-refractivity contribution < 1.29 is 40.8 Å². The lowest BCUT2D eigenvalue weighted by Crippen LogP contribution is -2.36. The quantitative estimate of drug-likeness (QED) is 0.294. The Bertz CT molecular complexity index is 1810. The van der Waals surface area contributed by atoms with Gasteiger partial charge in [-0.05, 0) is 24.6 Å². The summed E-state index contributed by atoms with van der Waals surface area (Å²) in [4.78, 5) is 44.8. The molecule has 0 aromatic carbocycles. The number of aromatic carboxylic acids is 1. The second-order valence-corrected chi connectivity index (χ2v) is 8.95. The molecular formula is C23H18F5N9O3. The van der Waals surface area contributed by atoms with E-state index in [1.54, 1.807) is 0 Å². The number of hydrogen-bond acceptors (Lipinski definition) is 9. The maximum Gasteiger partial charge on any atom is 0.453 e. The highest BCUT2D eigenvalue weighted by molar-refractivity contribution is 6.09. The molecule has 0 fully saturated rings. The standard InChI is InChI=1S/C23H18F5N9O3/c1-21(9-4-6-30-11(7-9)19(38)39)13-15(29)34-17(35-16(13)36-20(21)40)14-10-8-31-37(2)18(10)33-12(32-14)3-5-22(24,25)23(26,27)28/h4,6-8H,3,5H2,1-2H3,(H,38,39)(H3,29,34,35,36,40)/i2D3. The lowest BCUT2D eigenvalue weighted by molar-refractivity contribution is -0.284. The van der Waals surface area contributed by atoms with Gasteiger partial charge in [0.15, 0.2) is 11.5 Å². The van der Waals surface area contributed by atoms with Gasteiger partial charge in [-0.2, -0.15) is 27.1 Å². The maximum absolute atomic E-state index is 13.7. The Labute approximate surface area is 224 Å². The monoisotopic (exact) mass is 566 g/mol. The van der Waals surface area contributed by atoms with Gasteiger partial charge in [-0.3, -0.25) is 9.48 Å². The number of fused-ring (bicyclic) bond motifs is 2. The van der Waals surface area contributed by atoms with Crippen molar-refractivity contribution in [3.63, 3.8) is 0 Å². The minimum absolute atomic E-state index is 0.0531. The van der Waals surface area contributed by atoms with E-state index in [1.165, 1.54) is 25.3 Å². The van der Waals surface area contributed by atoms with Gasteiger partial charge < -0.3 is 16.2 Å². The summed E-state index contributed by atoms with van der Waals surface area (Å²) < 4.78 is 89.2. The van der Waals surface area contributed by atoms with E-state index in [4.69, 9.17) is 9.85 Å². The summed E-state index contributed by atoms with van der Waals surface area (Å²) in [6.45, 7) is -1.48. The minimum Gasteiger partial charge on any atom is -0.477 e. The topological polar surface area (TPSA) is 175 Å².